The van der Waals surface area contributed by atoms with Crippen molar-refractivity contribution < 1.29 is 9.72 Å². The largest absolute Gasteiger partial charge is 0.360 e. The topological polar surface area (TPSA) is 76.3 Å². The average molecular weight is 341 g/mol. The third kappa shape index (κ3) is 2.85. The molecule has 0 bridgehead atoms. The highest BCUT2D eigenvalue weighted by Crippen LogP contribution is 2.35. The van der Waals surface area contributed by atoms with Crippen LogP contribution in [0.25, 0.3) is 10.2 Å². The van der Waals surface area contributed by atoms with Crippen molar-refractivity contribution in [2.45, 2.75) is 13.0 Å². The van der Waals surface area contributed by atoms with Crippen LogP contribution in [0.1, 0.15) is 28.3 Å². The lowest BCUT2D eigenvalue weighted by Crippen LogP contribution is -2.22. The molecule has 122 valence electrons. The molecule has 0 spiro atoms. The molecule has 0 saturated carbocycles. The van der Waals surface area contributed by atoms with E-state index in [0.717, 1.165) is 15.2 Å². The van der Waals surface area contributed by atoms with E-state index in [1.165, 1.54) is 6.07 Å². The number of para-hydroxylation sites is 1. The van der Waals surface area contributed by atoms with E-state index in [1.807, 2.05) is 36.1 Å². The number of carbonyl (C=O) groups excluding carboxylic acids is 1. The number of benzene rings is 2. The van der Waals surface area contributed by atoms with Crippen LogP contribution >= 0.6 is 11.3 Å². The minimum atomic E-state index is -0.468. The third-order valence-electron chi connectivity index (χ3n) is 3.96. The number of nitro groups is 1. The highest BCUT2D eigenvalue weighted by atomic mass is 32.1. The van der Waals surface area contributed by atoms with Gasteiger partial charge in [0, 0.05) is 18.7 Å². The zero-order valence-electron chi connectivity index (χ0n) is 13.2. The molecule has 6 nitrogen and oxygen atoms in total. The summed E-state index contributed by atoms with van der Waals surface area (Å²) >= 11 is 1.57. The van der Waals surface area contributed by atoms with Crippen LogP contribution in [0.5, 0.6) is 0 Å². The third-order valence-corrected chi connectivity index (χ3v) is 5.17. The molecule has 24 heavy (non-hydrogen) atoms. The SMILES string of the molecule is C[C@@H](c1nc2ccccc2s1)N(C)c1ccc(C=O)cc1[N+](=O)[O-]. The van der Waals surface area contributed by atoms with Crippen molar-refractivity contribution in [1.82, 2.24) is 4.98 Å². The minimum absolute atomic E-state index is 0.0879. The summed E-state index contributed by atoms with van der Waals surface area (Å²) in [5, 5.41) is 12.2. The van der Waals surface area contributed by atoms with Gasteiger partial charge in [-0.1, -0.05) is 12.1 Å². The Balaban J connectivity index is 1.99. The van der Waals surface area contributed by atoms with E-state index < -0.39 is 4.92 Å². The zero-order valence-corrected chi connectivity index (χ0v) is 14.0. The van der Waals surface area contributed by atoms with Crippen molar-refractivity contribution in [3.63, 3.8) is 0 Å². The number of rotatable bonds is 5. The van der Waals surface area contributed by atoms with Crippen molar-refractivity contribution >= 4 is 39.2 Å². The first kappa shape index (κ1) is 16.1. The fourth-order valence-corrected chi connectivity index (χ4v) is 3.56. The maximum absolute atomic E-state index is 11.3. The number of fused-ring (bicyclic) bond motifs is 1. The normalized spacial score (nSPS) is 12.1. The molecule has 0 aliphatic carbocycles. The predicted molar refractivity (Wildman–Crippen MR) is 94.9 cm³/mol. The van der Waals surface area contributed by atoms with Gasteiger partial charge in [0.2, 0.25) is 0 Å². The first-order valence-electron chi connectivity index (χ1n) is 7.33. The Morgan fingerprint density at radius 1 is 1.29 bits per heavy atom. The molecule has 0 unspecified atom stereocenters. The molecule has 7 heteroatoms. The van der Waals surface area contributed by atoms with Gasteiger partial charge in [-0.2, -0.15) is 0 Å². The molecule has 3 aromatic rings. The number of carbonyl (C=O) groups is 1. The fourth-order valence-electron chi connectivity index (χ4n) is 2.50. The van der Waals surface area contributed by atoms with Gasteiger partial charge in [0.05, 0.1) is 21.2 Å². The second-order valence-electron chi connectivity index (χ2n) is 5.43. The van der Waals surface area contributed by atoms with Gasteiger partial charge in [-0.3, -0.25) is 14.9 Å². The van der Waals surface area contributed by atoms with Crippen LogP contribution in [0.4, 0.5) is 11.4 Å². The summed E-state index contributed by atoms with van der Waals surface area (Å²) in [5.74, 6) is 0. The second-order valence-corrected chi connectivity index (χ2v) is 6.49. The summed E-state index contributed by atoms with van der Waals surface area (Å²) < 4.78 is 1.08. The van der Waals surface area contributed by atoms with Gasteiger partial charge >= 0.3 is 0 Å². The van der Waals surface area contributed by atoms with Gasteiger partial charge in [0.15, 0.2) is 0 Å². The number of nitro benzene ring substituents is 1. The lowest BCUT2D eigenvalue weighted by molar-refractivity contribution is -0.384. The molecule has 0 aliphatic rings. The average Bonchev–Trinajstić information content (AvgIpc) is 3.03. The van der Waals surface area contributed by atoms with Gasteiger partial charge in [-0.15, -0.1) is 11.3 Å². The van der Waals surface area contributed by atoms with Crippen LogP contribution in [-0.4, -0.2) is 23.2 Å². The lowest BCUT2D eigenvalue weighted by atomic mass is 10.1. The molecular weight excluding hydrogens is 326 g/mol. The monoisotopic (exact) mass is 341 g/mol. The Kier molecular flexibility index (Phi) is 4.26. The molecule has 3 rings (SSSR count). The highest BCUT2D eigenvalue weighted by molar-refractivity contribution is 7.18. The van der Waals surface area contributed by atoms with E-state index >= 15 is 0 Å². The Bertz CT molecular complexity index is 889. The van der Waals surface area contributed by atoms with Crippen LogP contribution in [0.3, 0.4) is 0 Å². The van der Waals surface area contributed by atoms with Gasteiger partial charge in [0.25, 0.3) is 5.69 Å². The van der Waals surface area contributed by atoms with Crippen LogP contribution in [0.15, 0.2) is 42.5 Å². The first-order chi connectivity index (χ1) is 11.5. The Hall–Kier alpha value is -2.80. The number of nitrogens with zero attached hydrogens (tertiary/aromatic N) is 3. The molecule has 0 amide bonds. The zero-order chi connectivity index (χ0) is 17.3. The summed E-state index contributed by atoms with van der Waals surface area (Å²) in [5.41, 5.74) is 1.57. The van der Waals surface area contributed by atoms with Gasteiger partial charge in [-0.25, -0.2) is 4.98 Å². The van der Waals surface area contributed by atoms with E-state index in [-0.39, 0.29) is 17.3 Å². The van der Waals surface area contributed by atoms with Crippen molar-refractivity contribution in [1.29, 1.82) is 0 Å². The number of aldehydes is 1. The molecule has 1 atom stereocenters. The van der Waals surface area contributed by atoms with Gasteiger partial charge in [0.1, 0.15) is 17.0 Å². The molecule has 0 N–H and O–H groups in total. The maximum Gasteiger partial charge on any atom is 0.293 e. The number of anilines is 1. The molecule has 1 aromatic heterocycles. The minimum Gasteiger partial charge on any atom is -0.360 e. The van der Waals surface area contributed by atoms with Crippen LogP contribution in [-0.2, 0) is 0 Å². The summed E-state index contributed by atoms with van der Waals surface area (Å²) in [6.45, 7) is 1.95. The van der Waals surface area contributed by atoms with Gasteiger partial charge < -0.3 is 4.90 Å². The summed E-state index contributed by atoms with van der Waals surface area (Å²) in [4.78, 5) is 28.2. The smallest absolute Gasteiger partial charge is 0.293 e. The standard InChI is InChI=1S/C17H15N3O3S/c1-11(17-18-13-5-3-4-6-16(13)24-17)19(2)14-8-7-12(10-21)9-15(14)20(22)23/h3-11H,1-2H3/t11-/m0/s1. The second kappa shape index (κ2) is 6.37. The molecule has 0 aliphatic heterocycles. The van der Waals surface area contributed by atoms with Crippen molar-refractivity contribution in [3.05, 3.63) is 63.1 Å². The number of hydrogen-bond acceptors (Lipinski definition) is 6. The van der Waals surface area contributed by atoms with Crippen LogP contribution < -0.4 is 4.90 Å². The van der Waals surface area contributed by atoms with E-state index in [2.05, 4.69) is 4.98 Å². The lowest BCUT2D eigenvalue weighted by Gasteiger charge is -2.25. The summed E-state index contributed by atoms with van der Waals surface area (Å²) in [7, 11) is 1.79. The molecule has 0 saturated heterocycles. The van der Waals surface area contributed by atoms with E-state index in [4.69, 9.17) is 0 Å². The maximum atomic E-state index is 11.3. The Morgan fingerprint density at radius 2 is 2.04 bits per heavy atom. The summed E-state index contributed by atoms with van der Waals surface area (Å²) in [6, 6.07) is 12.2. The van der Waals surface area contributed by atoms with E-state index in [9.17, 15) is 14.9 Å². The highest BCUT2D eigenvalue weighted by Gasteiger charge is 2.23. The fraction of sp³-hybridized carbons (Fsp3) is 0.176. The molecule has 2 aromatic carbocycles. The number of thiazole rings is 1. The molecular formula is C17H15N3O3S. The van der Waals surface area contributed by atoms with E-state index in [0.29, 0.717) is 12.0 Å². The van der Waals surface area contributed by atoms with Crippen LogP contribution in [0.2, 0.25) is 0 Å². The Morgan fingerprint density at radius 3 is 2.71 bits per heavy atom. The molecule has 1 heterocycles. The van der Waals surface area contributed by atoms with Gasteiger partial charge in [-0.05, 0) is 31.2 Å². The number of aromatic nitrogens is 1. The first-order valence-corrected chi connectivity index (χ1v) is 8.15. The van der Waals surface area contributed by atoms with Crippen molar-refractivity contribution in [2.75, 3.05) is 11.9 Å². The summed E-state index contributed by atoms with van der Waals surface area (Å²) in [6.07, 6.45) is 0.605. The van der Waals surface area contributed by atoms with Crippen molar-refractivity contribution in [3.8, 4) is 0 Å². The molecule has 0 radical (unpaired) electrons. The quantitative estimate of drug-likeness (QED) is 0.394. The Labute approximate surface area is 142 Å². The predicted octanol–water partition coefficient (Wildman–Crippen LogP) is 4.21. The number of hydrogen-bond donors (Lipinski definition) is 0. The van der Waals surface area contributed by atoms with E-state index in [1.54, 1.807) is 30.5 Å². The van der Waals surface area contributed by atoms with Crippen molar-refractivity contribution in [2.24, 2.45) is 0 Å². The molecule has 0 fully saturated rings. The van der Waals surface area contributed by atoms with Crippen LogP contribution in [0, 0.1) is 10.1 Å².